The van der Waals surface area contributed by atoms with Gasteiger partial charge in [-0.3, -0.25) is 4.79 Å². The Kier molecular flexibility index (Phi) is 7.14. The van der Waals surface area contributed by atoms with Gasteiger partial charge < -0.3 is 24.4 Å². The highest BCUT2D eigenvalue weighted by Crippen LogP contribution is 2.28. The molecule has 0 bridgehead atoms. The highest BCUT2D eigenvalue weighted by molar-refractivity contribution is 6.01. The zero-order valence-electron chi connectivity index (χ0n) is 17.2. The van der Waals surface area contributed by atoms with Crippen LogP contribution in [0.3, 0.4) is 0 Å². The lowest BCUT2D eigenvalue weighted by Gasteiger charge is -2.29. The lowest BCUT2D eigenvalue weighted by atomic mass is 10.1. The van der Waals surface area contributed by atoms with E-state index < -0.39 is 0 Å². The fourth-order valence-electron chi connectivity index (χ4n) is 3.22. The second-order valence-corrected chi connectivity index (χ2v) is 7.08. The van der Waals surface area contributed by atoms with Gasteiger partial charge in [0.15, 0.2) is 11.5 Å². The van der Waals surface area contributed by atoms with E-state index in [1.54, 1.807) is 26.4 Å². The first-order chi connectivity index (χ1) is 14.1. The van der Waals surface area contributed by atoms with Crippen LogP contribution >= 0.6 is 0 Å². The zero-order valence-corrected chi connectivity index (χ0v) is 17.2. The van der Waals surface area contributed by atoms with Crippen molar-refractivity contribution in [3.63, 3.8) is 0 Å². The summed E-state index contributed by atoms with van der Waals surface area (Å²) in [5.74, 6) is 1.90. The van der Waals surface area contributed by atoms with Gasteiger partial charge in [0.2, 0.25) is 5.91 Å². The topological polar surface area (TPSA) is 60.0 Å². The van der Waals surface area contributed by atoms with Crippen LogP contribution in [0.2, 0.25) is 0 Å². The number of rotatable bonds is 7. The van der Waals surface area contributed by atoms with Crippen LogP contribution in [-0.2, 0) is 4.79 Å². The number of nitrogens with one attached hydrogen (secondary N) is 1. The molecule has 1 saturated heterocycles. The van der Waals surface area contributed by atoms with Gasteiger partial charge in [0.1, 0.15) is 11.9 Å². The van der Waals surface area contributed by atoms with Gasteiger partial charge >= 0.3 is 0 Å². The van der Waals surface area contributed by atoms with E-state index in [1.807, 2.05) is 36.4 Å². The standard InChI is InChI=1S/C23H28N2O4/c1-25-14-12-20(13-15-25)29-19-8-6-18(7-9-19)24-23(26)11-5-17-4-10-21(27-2)22(16-17)28-3/h4-11,16,20H,12-15H2,1-3H3,(H,24,26)/b11-5+. The molecule has 6 nitrogen and oxygen atoms in total. The average Bonchev–Trinajstić information content (AvgIpc) is 2.75. The van der Waals surface area contributed by atoms with Gasteiger partial charge in [-0.1, -0.05) is 6.07 Å². The Morgan fingerprint density at radius 1 is 1.03 bits per heavy atom. The number of carbonyl (C=O) groups is 1. The van der Waals surface area contributed by atoms with Crippen molar-refractivity contribution in [3.8, 4) is 17.2 Å². The molecule has 0 atom stereocenters. The third kappa shape index (κ3) is 5.99. The van der Waals surface area contributed by atoms with E-state index in [0.29, 0.717) is 11.5 Å². The smallest absolute Gasteiger partial charge is 0.248 e. The molecule has 3 rings (SSSR count). The Balaban J connectivity index is 1.53. The Hall–Kier alpha value is -2.99. The molecule has 1 fully saturated rings. The summed E-state index contributed by atoms with van der Waals surface area (Å²) >= 11 is 0. The summed E-state index contributed by atoms with van der Waals surface area (Å²) in [6.07, 6.45) is 5.56. The fraction of sp³-hybridized carbons (Fsp3) is 0.348. The summed E-state index contributed by atoms with van der Waals surface area (Å²) < 4.78 is 16.5. The normalized spacial score (nSPS) is 15.3. The largest absolute Gasteiger partial charge is 0.493 e. The van der Waals surface area contributed by atoms with E-state index >= 15 is 0 Å². The number of anilines is 1. The predicted molar refractivity (Wildman–Crippen MR) is 115 cm³/mol. The van der Waals surface area contributed by atoms with E-state index in [2.05, 4.69) is 17.3 Å². The molecular formula is C23H28N2O4. The first-order valence-corrected chi connectivity index (χ1v) is 9.73. The summed E-state index contributed by atoms with van der Waals surface area (Å²) in [7, 11) is 5.30. The average molecular weight is 396 g/mol. The highest BCUT2D eigenvalue weighted by atomic mass is 16.5. The van der Waals surface area contributed by atoms with Crippen molar-refractivity contribution < 1.29 is 19.0 Å². The molecular weight excluding hydrogens is 368 g/mol. The van der Waals surface area contributed by atoms with Crippen LogP contribution in [0.5, 0.6) is 17.2 Å². The van der Waals surface area contributed by atoms with Crippen LogP contribution in [0, 0.1) is 0 Å². The summed E-state index contributed by atoms with van der Waals surface area (Å²) in [5.41, 5.74) is 1.57. The van der Waals surface area contributed by atoms with Crippen LogP contribution in [0.15, 0.2) is 48.5 Å². The summed E-state index contributed by atoms with van der Waals surface area (Å²) in [6, 6.07) is 13.0. The van der Waals surface area contributed by atoms with Gasteiger partial charge in [-0.15, -0.1) is 0 Å². The molecule has 0 unspecified atom stereocenters. The van der Waals surface area contributed by atoms with E-state index in [0.717, 1.165) is 42.9 Å². The summed E-state index contributed by atoms with van der Waals surface area (Å²) in [5, 5.41) is 2.86. The quantitative estimate of drug-likeness (QED) is 0.721. The number of hydrogen-bond acceptors (Lipinski definition) is 5. The second kappa shape index (κ2) is 9.98. The maximum Gasteiger partial charge on any atom is 0.248 e. The molecule has 0 saturated carbocycles. The Morgan fingerprint density at radius 3 is 2.38 bits per heavy atom. The Bertz CT molecular complexity index is 840. The Labute approximate surface area is 172 Å². The van der Waals surface area contributed by atoms with E-state index in [1.165, 1.54) is 6.08 Å². The number of hydrogen-bond donors (Lipinski definition) is 1. The third-order valence-corrected chi connectivity index (χ3v) is 4.92. The molecule has 0 aromatic heterocycles. The SMILES string of the molecule is COc1ccc(/C=C/C(=O)Nc2ccc(OC3CCN(C)CC3)cc2)cc1OC. The second-order valence-electron chi connectivity index (χ2n) is 7.08. The molecule has 1 aliphatic heterocycles. The molecule has 29 heavy (non-hydrogen) atoms. The maximum atomic E-state index is 12.2. The maximum absolute atomic E-state index is 12.2. The van der Waals surface area contributed by atoms with Crippen molar-refractivity contribution in [3.05, 3.63) is 54.1 Å². The van der Waals surface area contributed by atoms with E-state index in [4.69, 9.17) is 14.2 Å². The first-order valence-electron chi connectivity index (χ1n) is 9.73. The number of carbonyl (C=O) groups excluding carboxylic acids is 1. The van der Waals surface area contributed by atoms with Crippen molar-refractivity contribution >= 4 is 17.7 Å². The van der Waals surface area contributed by atoms with Gasteiger partial charge in [0.05, 0.1) is 14.2 Å². The minimum absolute atomic E-state index is 0.205. The number of amides is 1. The number of benzene rings is 2. The fourth-order valence-corrected chi connectivity index (χ4v) is 3.22. The number of piperidine rings is 1. The van der Waals surface area contributed by atoms with Gasteiger partial charge in [0.25, 0.3) is 0 Å². The Morgan fingerprint density at radius 2 is 1.72 bits per heavy atom. The van der Waals surface area contributed by atoms with Gasteiger partial charge in [-0.2, -0.15) is 0 Å². The molecule has 1 heterocycles. The summed E-state index contributed by atoms with van der Waals surface area (Å²) in [6.45, 7) is 2.12. The predicted octanol–water partition coefficient (Wildman–Crippen LogP) is 3.83. The van der Waals surface area contributed by atoms with Gasteiger partial charge in [-0.25, -0.2) is 0 Å². The van der Waals surface area contributed by atoms with Crippen molar-refractivity contribution in [2.75, 3.05) is 39.7 Å². The number of methoxy groups -OCH3 is 2. The molecule has 1 amide bonds. The van der Waals surface area contributed by atoms with E-state index in [9.17, 15) is 4.79 Å². The zero-order chi connectivity index (χ0) is 20.6. The number of likely N-dealkylation sites (tertiary alicyclic amines) is 1. The first kappa shape index (κ1) is 20.7. The van der Waals surface area contributed by atoms with Crippen LogP contribution < -0.4 is 19.5 Å². The molecule has 1 aliphatic rings. The molecule has 0 aliphatic carbocycles. The van der Waals surface area contributed by atoms with Gasteiger partial charge in [-0.05, 0) is 67.9 Å². The minimum Gasteiger partial charge on any atom is -0.493 e. The van der Waals surface area contributed by atoms with E-state index in [-0.39, 0.29) is 12.0 Å². The molecule has 0 radical (unpaired) electrons. The van der Waals surface area contributed by atoms with Crippen molar-refractivity contribution in [2.24, 2.45) is 0 Å². The lowest BCUT2D eigenvalue weighted by Crippen LogP contribution is -2.35. The molecule has 6 heteroatoms. The molecule has 0 spiro atoms. The highest BCUT2D eigenvalue weighted by Gasteiger charge is 2.17. The van der Waals surface area contributed by atoms with Crippen molar-refractivity contribution in [1.82, 2.24) is 4.90 Å². The number of ether oxygens (including phenoxy) is 3. The van der Waals surface area contributed by atoms with Crippen molar-refractivity contribution in [2.45, 2.75) is 18.9 Å². The molecule has 2 aromatic carbocycles. The molecule has 154 valence electrons. The minimum atomic E-state index is -0.205. The van der Waals surface area contributed by atoms with Crippen LogP contribution in [0.4, 0.5) is 5.69 Å². The molecule has 1 N–H and O–H groups in total. The third-order valence-electron chi connectivity index (χ3n) is 4.92. The monoisotopic (exact) mass is 396 g/mol. The van der Waals surface area contributed by atoms with Gasteiger partial charge in [0, 0.05) is 24.9 Å². The van der Waals surface area contributed by atoms with Crippen LogP contribution in [0.1, 0.15) is 18.4 Å². The summed E-state index contributed by atoms with van der Waals surface area (Å²) in [4.78, 5) is 14.5. The van der Waals surface area contributed by atoms with Crippen LogP contribution in [-0.4, -0.2) is 51.3 Å². The molecule has 2 aromatic rings. The number of nitrogens with zero attached hydrogens (tertiary/aromatic N) is 1. The lowest BCUT2D eigenvalue weighted by molar-refractivity contribution is -0.111. The van der Waals surface area contributed by atoms with Crippen LogP contribution in [0.25, 0.3) is 6.08 Å². The van der Waals surface area contributed by atoms with Crippen molar-refractivity contribution in [1.29, 1.82) is 0 Å².